The molecule has 2 aromatic rings. The second-order valence-electron chi connectivity index (χ2n) is 4.91. The number of benzene rings is 2. The molecule has 1 amide bonds. The Balaban J connectivity index is 2.35. The van der Waals surface area contributed by atoms with Crippen LogP contribution in [0.5, 0.6) is 23.0 Å². The molecule has 0 radical (unpaired) electrons. The molecule has 9 heteroatoms. The van der Waals surface area contributed by atoms with Crippen LogP contribution in [-0.4, -0.2) is 32.7 Å². The van der Waals surface area contributed by atoms with Crippen LogP contribution >= 0.6 is 23.2 Å². The van der Waals surface area contributed by atoms with Crippen LogP contribution in [0.4, 0.5) is 0 Å². The molecule has 0 unspecified atom stereocenters. The molecule has 0 bridgehead atoms. The zero-order valence-corrected chi connectivity index (χ0v) is 15.4. The minimum absolute atomic E-state index is 0.108. The maximum absolute atomic E-state index is 12.4. The number of methoxy groups -OCH3 is 2. The molecule has 0 spiro atoms. The Labute approximate surface area is 159 Å². The van der Waals surface area contributed by atoms with Gasteiger partial charge in [-0.2, -0.15) is 0 Å². The minimum atomic E-state index is -0.716. The topological polar surface area (TPSA) is 97.1 Å². The summed E-state index contributed by atoms with van der Waals surface area (Å²) in [5.74, 6) is -0.827. The van der Waals surface area contributed by atoms with Crippen LogP contribution in [0.15, 0.2) is 30.3 Å². The Morgan fingerprint density at radius 1 is 1.04 bits per heavy atom. The van der Waals surface area contributed by atoms with Gasteiger partial charge >= 0.3 is 5.97 Å². The number of hydrogen-bond acceptors (Lipinski definition) is 6. The van der Waals surface area contributed by atoms with Gasteiger partial charge in [0.1, 0.15) is 5.02 Å². The number of carbonyl (C=O) groups is 2. The van der Waals surface area contributed by atoms with Crippen molar-refractivity contribution in [2.75, 3.05) is 20.8 Å². The maximum Gasteiger partial charge on any atom is 0.343 e. The summed E-state index contributed by atoms with van der Waals surface area (Å²) >= 11 is 11.9. The van der Waals surface area contributed by atoms with E-state index < -0.39 is 11.9 Å². The molecule has 0 fully saturated rings. The predicted molar refractivity (Wildman–Crippen MR) is 95.7 cm³/mol. The predicted octanol–water partition coefficient (Wildman–Crippen LogP) is 3.09. The minimum Gasteiger partial charge on any atom is -0.493 e. The molecule has 0 aliphatic rings. The number of amides is 1. The SMILES string of the molecule is COc1cc(C(=O)Oc2cccc(Cl)c2Cl)cc(OC)c1OCC(N)=O. The average molecular weight is 400 g/mol. The third-order valence-corrected chi connectivity index (χ3v) is 3.98. The van der Waals surface area contributed by atoms with E-state index in [1.807, 2.05) is 0 Å². The average Bonchev–Trinajstić information content (AvgIpc) is 2.62. The number of ether oxygens (including phenoxy) is 4. The Morgan fingerprint density at radius 3 is 2.19 bits per heavy atom. The van der Waals surface area contributed by atoms with Gasteiger partial charge in [-0.1, -0.05) is 29.3 Å². The van der Waals surface area contributed by atoms with E-state index in [1.165, 1.54) is 32.4 Å². The summed E-state index contributed by atoms with van der Waals surface area (Å²) in [6, 6.07) is 7.42. The van der Waals surface area contributed by atoms with Gasteiger partial charge in [-0.15, -0.1) is 0 Å². The van der Waals surface area contributed by atoms with Crippen molar-refractivity contribution in [3.8, 4) is 23.0 Å². The molecule has 7 nitrogen and oxygen atoms in total. The number of esters is 1. The highest BCUT2D eigenvalue weighted by Crippen LogP contribution is 2.39. The van der Waals surface area contributed by atoms with Crippen molar-refractivity contribution < 1.29 is 28.5 Å². The van der Waals surface area contributed by atoms with Crippen LogP contribution < -0.4 is 24.7 Å². The molecule has 0 aliphatic heterocycles. The second-order valence-corrected chi connectivity index (χ2v) is 5.69. The standard InChI is InChI=1S/C17H15Cl2NO6/c1-23-12-6-9(7-13(24-2)16(12)25-8-14(20)21)17(22)26-11-5-3-4-10(18)15(11)19/h3-7H,8H2,1-2H3,(H2,20,21). The van der Waals surface area contributed by atoms with Gasteiger partial charge < -0.3 is 24.7 Å². The van der Waals surface area contributed by atoms with Crippen LogP contribution in [0.3, 0.4) is 0 Å². The molecule has 26 heavy (non-hydrogen) atoms. The lowest BCUT2D eigenvalue weighted by molar-refractivity contribution is -0.120. The van der Waals surface area contributed by atoms with E-state index in [9.17, 15) is 9.59 Å². The summed E-state index contributed by atoms with van der Waals surface area (Å²) < 4.78 is 20.9. The fraction of sp³-hybridized carbons (Fsp3) is 0.176. The number of halogens is 2. The van der Waals surface area contributed by atoms with E-state index >= 15 is 0 Å². The highest BCUT2D eigenvalue weighted by atomic mass is 35.5. The Hall–Kier alpha value is -2.64. The molecule has 0 atom stereocenters. The van der Waals surface area contributed by atoms with Crippen molar-refractivity contribution in [3.05, 3.63) is 45.9 Å². The summed E-state index contributed by atoms with van der Waals surface area (Å²) in [7, 11) is 2.74. The first kappa shape index (κ1) is 19.7. The molecule has 2 aromatic carbocycles. The monoisotopic (exact) mass is 399 g/mol. The zero-order chi connectivity index (χ0) is 19.3. The molecular formula is C17H15Cl2NO6. The summed E-state index contributed by atoms with van der Waals surface area (Å²) in [4.78, 5) is 23.4. The lowest BCUT2D eigenvalue weighted by Crippen LogP contribution is -2.20. The van der Waals surface area contributed by atoms with Crippen molar-refractivity contribution in [1.29, 1.82) is 0 Å². The smallest absolute Gasteiger partial charge is 0.343 e. The van der Waals surface area contributed by atoms with Gasteiger partial charge in [-0.25, -0.2) is 4.79 Å². The molecule has 0 saturated heterocycles. The number of hydrogen-bond donors (Lipinski definition) is 1. The molecule has 2 rings (SSSR count). The number of primary amides is 1. The molecule has 2 N–H and O–H groups in total. The number of carbonyl (C=O) groups excluding carboxylic acids is 2. The first-order valence-electron chi connectivity index (χ1n) is 7.20. The fourth-order valence-corrected chi connectivity index (χ4v) is 2.34. The number of nitrogens with two attached hydrogens (primary N) is 1. The largest absolute Gasteiger partial charge is 0.493 e. The van der Waals surface area contributed by atoms with Crippen molar-refractivity contribution in [2.45, 2.75) is 0 Å². The molecular weight excluding hydrogens is 385 g/mol. The maximum atomic E-state index is 12.4. The van der Waals surface area contributed by atoms with E-state index in [0.29, 0.717) is 0 Å². The zero-order valence-electron chi connectivity index (χ0n) is 13.9. The first-order valence-corrected chi connectivity index (χ1v) is 7.96. The van der Waals surface area contributed by atoms with Crippen LogP contribution in [0.2, 0.25) is 10.0 Å². The highest BCUT2D eigenvalue weighted by molar-refractivity contribution is 6.43. The van der Waals surface area contributed by atoms with Crippen LogP contribution in [0, 0.1) is 0 Å². The lowest BCUT2D eigenvalue weighted by atomic mass is 10.2. The first-order chi connectivity index (χ1) is 12.4. The third-order valence-electron chi connectivity index (χ3n) is 3.17. The quantitative estimate of drug-likeness (QED) is 0.567. The van der Waals surface area contributed by atoms with Crippen LogP contribution in [0.25, 0.3) is 0 Å². The highest BCUT2D eigenvalue weighted by Gasteiger charge is 2.20. The molecule has 0 saturated carbocycles. The summed E-state index contributed by atoms with van der Waals surface area (Å²) in [5.41, 5.74) is 5.18. The summed E-state index contributed by atoms with van der Waals surface area (Å²) in [5, 5.41) is 0.366. The second kappa shape index (κ2) is 8.64. The van der Waals surface area contributed by atoms with Gasteiger partial charge in [0.25, 0.3) is 5.91 Å². The van der Waals surface area contributed by atoms with Gasteiger partial charge in [-0.05, 0) is 24.3 Å². The van der Waals surface area contributed by atoms with E-state index in [-0.39, 0.29) is 45.2 Å². The number of rotatable bonds is 7. The van der Waals surface area contributed by atoms with E-state index in [4.69, 9.17) is 47.9 Å². The molecule has 0 aliphatic carbocycles. The van der Waals surface area contributed by atoms with Crippen molar-refractivity contribution in [2.24, 2.45) is 5.73 Å². The van der Waals surface area contributed by atoms with Crippen molar-refractivity contribution in [1.82, 2.24) is 0 Å². The summed E-state index contributed by atoms with van der Waals surface area (Å²) in [6.45, 7) is -0.380. The molecule has 0 heterocycles. The molecule has 138 valence electrons. The van der Waals surface area contributed by atoms with Crippen LogP contribution in [0.1, 0.15) is 10.4 Å². The van der Waals surface area contributed by atoms with Gasteiger partial charge in [-0.3, -0.25) is 4.79 Å². The van der Waals surface area contributed by atoms with Gasteiger partial charge in [0.15, 0.2) is 23.9 Å². The van der Waals surface area contributed by atoms with Gasteiger partial charge in [0.2, 0.25) is 5.75 Å². The van der Waals surface area contributed by atoms with Crippen molar-refractivity contribution in [3.63, 3.8) is 0 Å². The van der Waals surface area contributed by atoms with Gasteiger partial charge in [0, 0.05) is 0 Å². The van der Waals surface area contributed by atoms with Gasteiger partial charge in [0.05, 0.1) is 24.8 Å². The third kappa shape index (κ3) is 4.50. The molecule has 0 aromatic heterocycles. The van der Waals surface area contributed by atoms with E-state index in [0.717, 1.165) is 0 Å². The normalized spacial score (nSPS) is 10.2. The van der Waals surface area contributed by atoms with Crippen molar-refractivity contribution >= 4 is 35.1 Å². The Kier molecular flexibility index (Phi) is 6.54. The van der Waals surface area contributed by atoms with E-state index in [1.54, 1.807) is 12.1 Å². The summed E-state index contributed by atoms with van der Waals surface area (Å²) in [6.07, 6.45) is 0. The van der Waals surface area contributed by atoms with Crippen LogP contribution in [-0.2, 0) is 4.79 Å². The lowest BCUT2D eigenvalue weighted by Gasteiger charge is -2.15. The Morgan fingerprint density at radius 2 is 1.65 bits per heavy atom. The fourth-order valence-electron chi connectivity index (χ4n) is 2.00. The Bertz CT molecular complexity index is 815. The van der Waals surface area contributed by atoms with E-state index in [2.05, 4.69) is 0 Å².